The van der Waals surface area contributed by atoms with Gasteiger partial charge in [0.05, 0.1) is 23.7 Å². The van der Waals surface area contributed by atoms with Gasteiger partial charge >= 0.3 is 0 Å². The van der Waals surface area contributed by atoms with Crippen LogP contribution >= 0.6 is 12.4 Å². The number of hydrogen-bond donors (Lipinski definition) is 2. The molecule has 0 radical (unpaired) electrons. The van der Waals surface area contributed by atoms with E-state index in [9.17, 15) is 22.0 Å². The van der Waals surface area contributed by atoms with Crippen molar-refractivity contribution in [2.45, 2.75) is 17.7 Å². The number of halogens is 3. The Labute approximate surface area is 169 Å². The molecule has 0 aliphatic rings. The second kappa shape index (κ2) is 9.81. The van der Waals surface area contributed by atoms with E-state index in [1.54, 1.807) is 37.3 Å². The van der Waals surface area contributed by atoms with E-state index in [-0.39, 0.29) is 29.4 Å². The Morgan fingerprint density at radius 1 is 1.14 bits per heavy atom. The van der Waals surface area contributed by atoms with Crippen LogP contribution in [0.4, 0.5) is 14.5 Å². The highest BCUT2D eigenvalue weighted by atomic mass is 35.5. The molecule has 2 aromatic rings. The zero-order valence-corrected chi connectivity index (χ0v) is 16.8. The minimum atomic E-state index is -3.92. The number of sulfonamides is 1. The van der Waals surface area contributed by atoms with E-state index in [0.29, 0.717) is 5.69 Å². The maximum atomic E-state index is 13.2. The number of para-hydroxylation sites is 1. The number of hydrogen-bond acceptors (Lipinski definition) is 4. The first-order valence-corrected chi connectivity index (χ1v) is 9.69. The van der Waals surface area contributed by atoms with Gasteiger partial charge in [-0.05, 0) is 37.3 Å². The van der Waals surface area contributed by atoms with Crippen molar-refractivity contribution >= 4 is 34.0 Å². The summed E-state index contributed by atoms with van der Waals surface area (Å²) in [5.41, 5.74) is 5.38. The molecular weight excluding hydrogens is 412 g/mol. The molecule has 28 heavy (non-hydrogen) atoms. The molecule has 1 amide bonds. The van der Waals surface area contributed by atoms with E-state index in [1.165, 1.54) is 22.5 Å². The van der Waals surface area contributed by atoms with Gasteiger partial charge in [-0.15, -0.1) is 12.4 Å². The lowest BCUT2D eigenvalue weighted by Gasteiger charge is -2.23. The molecule has 0 saturated carbocycles. The summed E-state index contributed by atoms with van der Waals surface area (Å²) < 4.78 is 53.5. The summed E-state index contributed by atoms with van der Waals surface area (Å²) in [6, 6.07) is 13.8. The summed E-state index contributed by atoms with van der Waals surface area (Å²) in [6.45, 7) is 0.0517. The molecule has 2 rings (SSSR count). The number of nitrogens with two attached hydrogens (primary N) is 1. The first kappa shape index (κ1) is 23.8. The quantitative estimate of drug-likeness (QED) is 0.669. The molecule has 0 heterocycles. The fraction of sp³-hybridized carbons (Fsp3) is 0.278. The molecule has 3 N–H and O–H groups in total. The molecule has 0 saturated heterocycles. The molecule has 0 atom stereocenters. The van der Waals surface area contributed by atoms with Gasteiger partial charge < -0.3 is 11.1 Å². The van der Waals surface area contributed by atoms with Crippen LogP contribution in [0.25, 0.3) is 0 Å². The number of nitrogens with zero attached hydrogens (tertiary/aromatic N) is 1. The third kappa shape index (κ3) is 5.63. The number of amides is 1. The van der Waals surface area contributed by atoms with E-state index in [2.05, 4.69) is 5.32 Å². The number of carbonyl (C=O) groups is 1. The van der Waals surface area contributed by atoms with Crippen LogP contribution in [0.15, 0.2) is 59.5 Å². The Morgan fingerprint density at radius 3 is 2.36 bits per heavy atom. The monoisotopic (exact) mass is 433 g/mol. The van der Waals surface area contributed by atoms with Crippen LogP contribution in [0, 0.1) is 0 Å². The Morgan fingerprint density at radius 2 is 1.79 bits per heavy atom. The minimum absolute atomic E-state index is 0. The summed E-state index contributed by atoms with van der Waals surface area (Å²) in [6.07, 6.45) is 0. The SMILES string of the molecule is CCN(c1ccccc1)S(=O)(=O)c1cccc(C(=O)NCC(F)(F)CN)c1.Cl. The zero-order valence-electron chi connectivity index (χ0n) is 15.1. The second-order valence-electron chi connectivity index (χ2n) is 5.78. The van der Waals surface area contributed by atoms with E-state index >= 15 is 0 Å². The van der Waals surface area contributed by atoms with Gasteiger partial charge in [-0.1, -0.05) is 24.3 Å². The Hall–Kier alpha value is -2.23. The van der Waals surface area contributed by atoms with Gasteiger partial charge in [-0.25, -0.2) is 17.2 Å². The van der Waals surface area contributed by atoms with Gasteiger partial charge in [-0.3, -0.25) is 9.10 Å². The fourth-order valence-corrected chi connectivity index (χ4v) is 3.91. The maximum absolute atomic E-state index is 13.2. The van der Waals surface area contributed by atoms with E-state index in [1.807, 2.05) is 0 Å². The zero-order chi connectivity index (χ0) is 20.1. The van der Waals surface area contributed by atoms with Crippen LogP contribution in [0.2, 0.25) is 0 Å². The average Bonchev–Trinajstić information content (AvgIpc) is 2.67. The highest BCUT2D eigenvalue weighted by molar-refractivity contribution is 7.92. The number of rotatable bonds is 8. The van der Waals surface area contributed by atoms with Crippen molar-refractivity contribution in [3.63, 3.8) is 0 Å². The van der Waals surface area contributed by atoms with Crippen molar-refractivity contribution in [3.05, 3.63) is 60.2 Å². The third-order valence-electron chi connectivity index (χ3n) is 3.82. The van der Waals surface area contributed by atoms with Crippen molar-refractivity contribution < 1.29 is 22.0 Å². The summed E-state index contributed by atoms with van der Waals surface area (Å²) in [7, 11) is -3.92. The smallest absolute Gasteiger partial charge is 0.277 e. The van der Waals surface area contributed by atoms with Crippen LogP contribution in [-0.4, -0.2) is 39.9 Å². The lowest BCUT2D eigenvalue weighted by molar-refractivity contribution is 0.0118. The summed E-state index contributed by atoms with van der Waals surface area (Å²) in [5.74, 6) is -4.03. The molecule has 6 nitrogen and oxygen atoms in total. The lowest BCUT2D eigenvalue weighted by atomic mass is 10.2. The highest BCUT2D eigenvalue weighted by Gasteiger charge is 2.28. The van der Waals surface area contributed by atoms with Crippen LogP contribution in [0.5, 0.6) is 0 Å². The predicted molar refractivity (Wildman–Crippen MR) is 107 cm³/mol. The summed E-state index contributed by atoms with van der Waals surface area (Å²) >= 11 is 0. The second-order valence-corrected chi connectivity index (χ2v) is 7.64. The molecule has 10 heteroatoms. The largest absolute Gasteiger partial charge is 0.346 e. The van der Waals surface area contributed by atoms with Crippen LogP contribution in [-0.2, 0) is 10.0 Å². The van der Waals surface area contributed by atoms with Gasteiger partial charge in [0.25, 0.3) is 21.9 Å². The van der Waals surface area contributed by atoms with Gasteiger partial charge in [0.1, 0.15) is 0 Å². The minimum Gasteiger partial charge on any atom is -0.346 e. The van der Waals surface area contributed by atoms with E-state index in [0.717, 1.165) is 6.07 Å². The molecule has 0 aliphatic carbocycles. The van der Waals surface area contributed by atoms with Gasteiger partial charge in [0.15, 0.2) is 0 Å². The number of alkyl halides is 2. The predicted octanol–water partition coefficient (Wildman–Crippen LogP) is 2.65. The number of carbonyl (C=O) groups excluding carboxylic acids is 1. The molecule has 0 aliphatic heterocycles. The van der Waals surface area contributed by atoms with Crippen molar-refractivity contribution in [1.29, 1.82) is 0 Å². The number of benzene rings is 2. The van der Waals surface area contributed by atoms with Crippen LogP contribution in [0.3, 0.4) is 0 Å². The standard InChI is InChI=1S/C18H21F2N3O3S.ClH/c1-2-23(15-8-4-3-5-9-15)27(25,26)16-10-6-7-14(11-16)17(24)22-13-18(19,20)12-21;/h3-11H,2,12-13,21H2,1H3,(H,22,24);1H. The summed E-state index contributed by atoms with van der Waals surface area (Å²) in [5, 5.41) is 2.07. The van der Waals surface area contributed by atoms with Gasteiger partial charge in [0.2, 0.25) is 0 Å². The first-order valence-electron chi connectivity index (χ1n) is 8.25. The molecule has 0 fully saturated rings. The molecule has 0 unspecified atom stereocenters. The van der Waals surface area contributed by atoms with Crippen molar-refractivity contribution in [2.24, 2.45) is 5.73 Å². The molecule has 0 spiro atoms. The normalized spacial score (nSPS) is 11.4. The van der Waals surface area contributed by atoms with Gasteiger partial charge in [0, 0.05) is 12.1 Å². The van der Waals surface area contributed by atoms with Crippen LogP contribution < -0.4 is 15.4 Å². The number of anilines is 1. The Bertz CT molecular complexity index is 896. The topological polar surface area (TPSA) is 92.5 Å². The van der Waals surface area contributed by atoms with E-state index < -0.39 is 34.9 Å². The summed E-state index contributed by atoms with van der Waals surface area (Å²) in [4.78, 5) is 12.0. The van der Waals surface area contributed by atoms with Gasteiger partial charge in [-0.2, -0.15) is 0 Å². The maximum Gasteiger partial charge on any atom is 0.277 e. The first-order chi connectivity index (χ1) is 12.7. The number of nitrogens with one attached hydrogen (secondary N) is 1. The average molecular weight is 434 g/mol. The highest BCUT2D eigenvalue weighted by Crippen LogP contribution is 2.23. The van der Waals surface area contributed by atoms with Crippen LogP contribution in [0.1, 0.15) is 17.3 Å². The molecule has 154 valence electrons. The van der Waals surface area contributed by atoms with E-state index in [4.69, 9.17) is 5.73 Å². The van der Waals surface area contributed by atoms with Crippen molar-refractivity contribution in [2.75, 3.05) is 23.9 Å². The molecule has 0 aromatic heterocycles. The molecule has 2 aromatic carbocycles. The Kier molecular flexibility index (Phi) is 8.34. The lowest BCUT2D eigenvalue weighted by Crippen LogP contribution is -2.41. The Balaban J connectivity index is 0.00000392. The third-order valence-corrected chi connectivity index (χ3v) is 5.72. The molecular formula is C18H22ClF2N3O3S. The van der Waals surface area contributed by atoms with Crippen molar-refractivity contribution in [1.82, 2.24) is 5.32 Å². The van der Waals surface area contributed by atoms with Crippen molar-refractivity contribution in [3.8, 4) is 0 Å². The fourth-order valence-electron chi connectivity index (χ4n) is 2.39. The molecule has 0 bridgehead atoms.